The summed E-state index contributed by atoms with van der Waals surface area (Å²) >= 11 is 0. The van der Waals surface area contributed by atoms with Gasteiger partial charge in [0.25, 0.3) is 5.56 Å². The van der Waals surface area contributed by atoms with Gasteiger partial charge in [0.15, 0.2) is 17.0 Å². The van der Waals surface area contributed by atoms with Crippen LogP contribution >= 0.6 is 0 Å². The summed E-state index contributed by atoms with van der Waals surface area (Å²) in [6.45, 7) is 1.93. The van der Waals surface area contributed by atoms with Crippen molar-refractivity contribution in [3.63, 3.8) is 0 Å². The minimum atomic E-state index is -0.439. The lowest BCUT2D eigenvalue weighted by atomic mass is 10.2. The molecular formula is C17H15N7O3. The second-order valence-corrected chi connectivity index (χ2v) is 5.95. The van der Waals surface area contributed by atoms with E-state index in [1.54, 1.807) is 17.7 Å². The molecule has 1 amide bonds. The molecule has 0 aliphatic carbocycles. The predicted molar refractivity (Wildman–Crippen MR) is 95.0 cm³/mol. The van der Waals surface area contributed by atoms with Crippen molar-refractivity contribution in [2.24, 2.45) is 0 Å². The minimum Gasteiger partial charge on any atom is -0.360 e. The van der Waals surface area contributed by atoms with Gasteiger partial charge in [0.2, 0.25) is 5.91 Å². The summed E-state index contributed by atoms with van der Waals surface area (Å²) < 4.78 is 7.60. The Kier molecular flexibility index (Phi) is 4.21. The van der Waals surface area contributed by atoms with Gasteiger partial charge >= 0.3 is 0 Å². The number of aromatic nitrogens is 6. The zero-order chi connectivity index (χ0) is 18.8. The number of hydrogen-bond donors (Lipinski definition) is 1. The zero-order valence-corrected chi connectivity index (χ0v) is 14.4. The fourth-order valence-electron chi connectivity index (χ4n) is 2.62. The number of benzene rings is 1. The lowest BCUT2D eigenvalue weighted by molar-refractivity contribution is -0.116. The SMILES string of the molecule is Cc1cc(NC(=O)Cn2cnc3c(nnn3Cc3ccccc3)c2=O)no1. The molecule has 4 rings (SSSR count). The Bertz CT molecular complexity index is 1160. The van der Waals surface area contributed by atoms with Gasteiger partial charge < -0.3 is 9.84 Å². The number of rotatable bonds is 5. The van der Waals surface area contributed by atoms with E-state index in [1.807, 2.05) is 30.3 Å². The first-order chi connectivity index (χ1) is 13.1. The summed E-state index contributed by atoms with van der Waals surface area (Å²) in [5.74, 6) is 0.428. The number of fused-ring (bicyclic) bond motifs is 1. The largest absolute Gasteiger partial charge is 0.360 e. The number of carbonyl (C=O) groups excluding carboxylic acids is 1. The van der Waals surface area contributed by atoms with E-state index in [-0.39, 0.29) is 17.9 Å². The first-order valence-corrected chi connectivity index (χ1v) is 8.16. The second kappa shape index (κ2) is 6.83. The molecule has 0 unspecified atom stereocenters. The van der Waals surface area contributed by atoms with E-state index in [0.717, 1.165) is 5.56 Å². The van der Waals surface area contributed by atoms with Crippen LogP contribution in [0.2, 0.25) is 0 Å². The van der Waals surface area contributed by atoms with Gasteiger partial charge in [0, 0.05) is 6.07 Å². The molecule has 1 N–H and O–H groups in total. The third-order valence-electron chi connectivity index (χ3n) is 3.88. The molecule has 0 saturated heterocycles. The Labute approximate surface area is 152 Å². The molecule has 0 radical (unpaired) electrons. The Balaban J connectivity index is 1.56. The van der Waals surface area contributed by atoms with Crippen molar-refractivity contribution in [3.8, 4) is 0 Å². The van der Waals surface area contributed by atoms with Crippen LogP contribution in [0.15, 0.2) is 52.0 Å². The Hall–Kier alpha value is -3.82. The van der Waals surface area contributed by atoms with E-state index >= 15 is 0 Å². The van der Waals surface area contributed by atoms with Gasteiger partial charge in [0.05, 0.1) is 6.54 Å². The van der Waals surface area contributed by atoms with E-state index in [1.165, 1.54) is 10.9 Å². The van der Waals surface area contributed by atoms with Crippen LogP contribution in [0, 0.1) is 6.92 Å². The van der Waals surface area contributed by atoms with Crippen molar-refractivity contribution >= 4 is 22.9 Å². The van der Waals surface area contributed by atoms with E-state index in [9.17, 15) is 9.59 Å². The van der Waals surface area contributed by atoms with E-state index in [0.29, 0.717) is 18.0 Å². The third-order valence-corrected chi connectivity index (χ3v) is 3.88. The number of nitrogens with zero attached hydrogens (tertiary/aromatic N) is 6. The van der Waals surface area contributed by atoms with Gasteiger partial charge in [-0.15, -0.1) is 5.10 Å². The van der Waals surface area contributed by atoms with Gasteiger partial charge in [-0.25, -0.2) is 9.67 Å². The van der Waals surface area contributed by atoms with Crippen LogP contribution in [-0.4, -0.2) is 35.6 Å². The molecule has 0 aliphatic heterocycles. The quantitative estimate of drug-likeness (QED) is 0.559. The smallest absolute Gasteiger partial charge is 0.283 e. The number of carbonyl (C=O) groups is 1. The molecule has 0 bridgehead atoms. The highest BCUT2D eigenvalue weighted by atomic mass is 16.5. The summed E-state index contributed by atoms with van der Waals surface area (Å²) in [5.41, 5.74) is 1.05. The first-order valence-electron chi connectivity index (χ1n) is 8.16. The highest BCUT2D eigenvalue weighted by Gasteiger charge is 2.14. The van der Waals surface area contributed by atoms with Crippen LogP contribution < -0.4 is 10.9 Å². The summed E-state index contributed by atoms with van der Waals surface area (Å²) in [6.07, 6.45) is 1.31. The fourth-order valence-corrected chi connectivity index (χ4v) is 2.62. The number of aryl methyl sites for hydroxylation is 1. The summed E-state index contributed by atoms with van der Waals surface area (Å²) in [5, 5.41) is 14.2. The monoisotopic (exact) mass is 365 g/mol. The average molecular weight is 365 g/mol. The van der Waals surface area contributed by atoms with Crippen LogP contribution in [0.5, 0.6) is 0 Å². The predicted octanol–water partition coefficient (Wildman–Crippen LogP) is 0.971. The van der Waals surface area contributed by atoms with E-state index in [4.69, 9.17) is 4.52 Å². The maximum atomic E-state index is 12.6. The minimum absolute atomic E-state index is 0.110. The Morgan fingerprint density at radius 1 is 1.26 bits per heavy atom. The molecule has 0 aliphatic rings. The molecular weight excluding hydrogens is 350 g/mol. The van der Waals surface area contributed by atoms with Gasteiger partial charge in [0.1, 0.15) is 18.6 Å². The number of nitrogens with one attached hydrogen (secondary N) is 1. The lowest BCUT2D eigenvalue weighted by Crippen LogP contribution is -2.28. The van der Waals surface area contributed by atoms with Crippen molar-refractivity contribution < 1.29 is 9.32 Å². The van der Waals surface area contributed by atoms with Crippen molar-refractivity contribution in [2.45, 2.75) is 20.0 Å². The van der Waals surface area contributed by atoms with E-state index < -0.39 is 11.5 Å². The van der Waals surface area contributed by atoms with Crippen LogP contribution in [0.4, 0.5) is 5.82 Å². The molecule has 0 spiro atoms. The molecule has 1 aromatic carbocycles. The average Bonchev–Trinajstić information content (AvgIpc) is 3.25. The highest BCUT2D eigenvalue weighted by molar-refractivity contribution is 5.89. The first kappa shape index (κ1) is 16.6. The van der Waals surface area contributed by atoms with Crippen molar-refractivity contribution in [2.75, 3.05) is 5.32 Å². The van der Waals surface area contributed by atoms with Crippen LogP contribution in [0.25, 0.3) is 11.2 Å². The Morgan fingerprint density at radius 2 is 2.07 bits per heavy atom. The van der Waals surface area contributed by atoms with Gasteiger partial charge in [-0.2, -0.15) is 0 Å². The molecule has 10 nitrogen and oxygen atoms in total. The normalized spacial score (nSPS) is 11.0. The van der Waals surface area contributed by atoms with Crippen molar-refractivity contribution in [1.82, 2.24) is 29.7 Å². The molecule has 136 valence electrons. The zero-order valence-electron chi connectivity index (χ0n) is 14.4. The number of anilines is 1. The number of hydrogen-bond acceptors (Lipinski definition) is 7. The molecule has 0 fully saturated rings. The summed E-state index contributed by atoms with van der Waals surface area (Å²) in [4.78, 5) is 28.9. The van der Waals surface area contributed by atoms with Gasteiger partial charge in [-0.05, 0) is 12.5 Å². The fraction of sp³-hybridized carbons (Fsp3) is 0.176. The molecule has 27 heavy (non-hydrogen) atoms. The van der Waals surface area contributed by atoms with Crippen LogP contribution in [0.1, 0.15) is 11.3 Å². The molecule has 3 aromatic heterocycles. The van der Waals surface area contributed by atoms with Gasteiger partial charge in [-0.3, -0.25) is 14.2 Å². The number of amides is 1. The molecule has 3 heterocycles. The lowest BCUT2D eigenvalue weighted by Gasteiger charge is -2.05. The second-order valence-electron chi connectivity index (χ2n) is 5.95. The summed E-state index contributed by atoms with van der Waals surface area (Å²) in [6, 6.07) is 11.2. The maximum Gasteiger partial charge on any atom is 0.283 e. The van der Waals surface area contributed by atoms with Gasteiger partial charge in [-0.1, -0.05) is 40.7 Å². The Morgan fingerprint density at radius 3 is 2.81 bits per heavy atom. The molecule has 10 heteroatoms. The molecule has 0 atom stereocenters. The highest BCUT2D eigenvalue weighted by Crippen LogP contribution is 2.08. The molecule has 0 saturated carbocycles. The van der Waals surface area contributed by atoms with Crippen molar-refractivity contribution in [1.29, 1.82) is 0 Å². The van der Waals surface area contributed by atoms with Crippen molar-refractivity contribution in [3.05, 3.63) is 64.4 Å². The van der Waals surface area contributed by atoms with E-state index in [2.05, 4.69) is 25.8 Å². The standard InChI is InChI=1S/C17H15N7O3/c1-11-7-13(21-27-11)19-14(25)9-23-10-18-16-15(17(23)26)20-22-24(16)8-12-5-3-2-4-6-12/h2-7,10H,8-9H2,1H3,(H,19,21,25). The van der Waals surface area contributed by atoms with Crippen LogP contribution in [-0.2, 0) is 17.9 Å². The summed E-state index contributed by atoms with van der Waals surface area (Å²) in [7, 11) is 0. The maximum absolute atomic E-state index is 12.6. The van der Waals surface area contributed by atoms with Crippen LogP contribution in [0.3, 0.4) is 0 Å². The third kappa shape index (κ3) is 3.45. The molecule has 4 aromatic rings. The topological polar surface area (TPSA) is 121 Å².